The van der Waals surface area contributed by atoms with Crippen LogP contribution in [0.2, 0.25) is 0 Å². The second kappa shape index (κ2) is 11.1. The van der Waals surface area contributed by atoms with E-state index in [4.69, 9.17) is 5.73 Å². The molecule has 0 saturated carbocycles. The zero-order valence-corrected chi connectivity index (χ0v) is 16.4. The van der Waals surface area contributed by atoms with Gasteiger partial charge in [-0.3, -0.25) is 14.9 Å². The van der Waals surface area contributed by atoms with Gasteiger partial charge in [0, 0.05) is 6.42 Å². The summed E-state index contributed by atoms with van der Waals surface area (Å²) in [5.41, 5.74) is 6.74. The number of amides is 2. The minimum atomic E-state index is -3.48. The molecule has 0 fully saturated rings. The fraction of sp³-hybridized carbons (Fsp3) is 0.579. The molecule has 1 aromatic rings. The number of hydrogen-bond acceptors (Lipinski definition) is 5. The first-order valence-corrected chi connectivity index (χ1v) is 10.9. The van der Waals surface area contributed by atoms with E-state index in [9.17, 15) is 18.0 Å². The van der Waals surface area contributed by atoms with E-state index < -0.39 is 38.7 Å². The van der Waals surface area contributed by atoms with E-state index in [-0.39, 0.29) is 6.42 Å². The molecule has 0 aliphatic heterocycles. The molecular weight excluding hydrogens is 352 g/mol. The van der Waals surface area contributed by atoms with Gasteiger partial charge in [-0.1, -0.05) is 57.0 Å². The lowest BCUT2D eigenvalue weighted by Crippen LogP contribution is -2.48. The second-order valence-corrected chi connectivity index (χ2v) is 8.86. The van der Waals surface area contributed by atoms with Crippen molar-refractivity contribution in [1.82, 2.24) is 5.32 Å². The average Bonchev–Trinajstić information content (AvgIpc) is 2.60. The van der Waals surface area contributed by atoms with Crippen LogP contribution in [0.1, 0.15) is 51.5 Å². The third-order valence-corrected chi connectivity index (χ3v) is 6.53. The van der Waals surface area contributed by atoms with Gasteiger partial charge in [0.1, 0.15) is 0 Å². The number of imide groups is 1. The fourth-order valence-corrected chi connectivity index (χ4v) is 4.92. The van der Waals surface area contributed by atoms with E-state index in [0.717, 1.165) is 18.4 Å². The van der Waals surface area contributed by atoms with Crippen LogP contribution < -0.4 is 11.1 Å². The van der Waals surface area contributed by atoms with Crippen LogP contribution in [0.4, 0.5) is 0 Å². The predicted octanol–water partition coefficient (Wildman–Crippen LogP) is 1.97. The Labute approximate surface area is 156 Å². The summed E-state index contributed by atoms with van der Waals surface area (Å²) >= 11 is 0. The van der Waals surface area contributed by atoms with Crippen molar-refractivity contribution in [2.24, 2.45) is 5.73 Å². The minimum absolute atomic E-state index is 0.142. The largest absolute Gasteiger partial charge is 0.319 e. The summed E-state index contributed by atoms with van der Waals surface area (Å²) in [7, 11) is -3.48. The number of carbonyl (C=O) groups is 2. The lowest BCUT2D eigenvalue weighted by atomic mass is 10.1. The molecule has 146 valence electrons. The Kier molecular flexibility index (Phi) is 9.51. The summed E-state index contributed by atoms with van der Waals surface area (Å²) in [5.74, 6) is -1.63. The molecule has 1 atom stereocenters. The highest BCUT2D eigenvalue weighted by Gasteiger charge is 2.29. The van der Waals surface area contributed by atoms with Gasteiger partial charge in [0.05, 0.1) is 17.0 Å². The van der Waals surface area contributed by atoms with Gasteiger partial charge >= 0.3 is 0 Å². The smallest absolute Gasteiger partial charge is 0.244 e. The molecule has 1 aromatic carbocycles. The lowest BCUT2D eigenvalue weighted by Gasteiger charge is -2.19. The number of nitrogens with one attached hydrogen (secondary N) is 1. The van der Waals surface area contributed by atoms with Crippen LogP contribution in [0.25, 0.3) is 0 Å². The second-order valence-electron chi connectivity index (χ2n) is 6.53. The molecule has 0 aliphatic rings. The Morgan fingerprint density at radius 2 is 1.65 bits per heavy atom. The summed E-state index contributed by atoms with van der Waals surface area (Å²) < 4.78 is 25.0. The molecule has 0 spiro atoms. The summed E-state index contributed by atoms with van der Waals surface area (Å²) in [6.45, 7) is 3.85. The normalized spacial score (nSPS) is 12.8. The molecule has 6 nitrogen and oxygen atoms in total. The van der Waals surface area contributed by atoms with Crippen molar-refractivity contribution in [3.8, 4) is 0 Å². The molecule has 0 heterocycles. The van der Waals surface area contributed by atoms with Crippen LogP contribution in [0.15, 0.2) is 30.3 Å². The van der Waals surface area contributed by atoms with Gasteiger partial charge in [-0.15, -0.1) is 0 Å². The first kappa shape index (κ1) is 22.3. The van der Waals surface area contributed by atoms with Crippen molar-refractivity contribution < 1.29 is 18.0 Å². The number of hydrogen-bond donors (Lipinski definition) is 2. The molecule has 0 saturated heterocycles. The summed E-state index contributed by atoms with van der Waals surface area (Å²) in [6.07, 6.45) is 3.26. The maximum absolute atomic E-state index is 12.5. The van der Waals surface area contributed by atoms with E-state index in [0.29, 0.717) is 19.3 Å². The van der Waals surface area contributed by atoms with E-state index in [1.165, 1.54) is 0 Å². The van der Waals surface area contributed by atoms with Crippen molar-refractivity contribution in [3.05, 3.63) is 35.9 Å². The Balaban J connectivity index is 2.53. The van der Waals surface area contributed by atoms with Crippen molar-refractivity contribution in [3.63, 3.8) is 0 Å². The van der Waals surface area contributed by atoms with Crippen LogP contribution in [-0.2, 0) is 25.8 Å². The average molecular weight is 383 g/mol. The summed E-state index contributed by atoms with van der Waals surface area (Å²) in [6, 6.07) is 8.20. The Bertz CT molecular complexity index is 668. The zero-order valence-electron chi connectivity index (χ0n) is 15.6. The van der Waals surface area contributed by atoms with Gasteiger partial charge in [-0.25, -0.2) is 8.42 Å². The number of nitrogens with two attached hydrogens (primary N) is 1. The van der Waals surface area contributed by atoms with E-state index in [1.54, 1.807) is 0 Å². The van der Waals surface area contributed by atoms with Crippen LogP contribution in [0.3, 0.4) is 0 Å². The summed E-state index contributed by atoms with van der Waals surface area (Å²) in [4.78, 5) is 24.0. The molecule has 0 radical (unpaired) electrons. The molecular formula is C19H30N2O4S. The fourth-order valence-electron chi connectivity index (χ4n) is 2.80. The van der Waals surface area contributed by atoms with Gasteiger partial charge < -0.3 is 5.73 Å². The van der Waals surface area contributed by atoms with Crippen LogP contribution in [0, 0.1) is 0 Å². The first-order chi connectivity index (χ1) is 12.3. The van der Waals surface area contributed by atoms with Crippen molar-refractivity contribution in [2.75, 3.05) is 5.75 Å². The van der Waals surface area contributed by atoms with Crippen molar-refractivity contribution in [2.45, 2.75) is 63.7 Å². The molecule has 0 unspecified atom stereocenters. The Hall–Kier alpha value is -1.73. The SMILES string of the molecule is CCCC(CCC)S(=O)(=O)C[C@H](N)C(=O)NC(=O)CCc1ccccc1. The molecule has 0 aliphatic carbocycles. The number of rotatable bonds is 11. The van der Waals surface area contributed by atoms with E-state index >= 15 is 0 Å². The van der Waals surface area contributed by atoms with Crippen LogP contribution >= 0.6 is 0 Å². The highest BCUT2D eigenvalue weighted by atomic mass is 32.2. The standard InChI is InChI=1S/C19H30N2O4S/c1-3-8-16(9-4-2)26(24,25)14-17(20)19(23)21-18(22)13-12-15-10-6-5-7-11-15/h5-7,10-11,16-17H,3-4,8-9,12-14,20H2,1-2H3,(H,21,22,23)/t17-/m0/s1. The van der Waals surface area contributed by atoms with E-state index in [1.807, 2.05) is 44.2 Å². The maximum atomic E-state index is 12.5. The predicted molar refractivity (Wildman–Crippen MR) is 103 cm³/mol. The van der Waals surface area contributed by atoms with Crippen molar-refractivity contribution >= 4 is 21.7 Å². The third kappa shape index (κ3) is 7.66. The van der Waals surface area contributed by atoms with Gasteiger partial charge in [0.15, 0.2) is 9.84 Å². The zero-order chi connectivity index (χ0) is 19.6. The van der Waals surface area contributed by atoms with Crippen LogP contribution in [0.5, 0.6) is 0 Å². The van der Waals surface area contributed by atoms with Crippen LogP contribution in [-0.4, -0.2) is 37.3 Å². The molecule has 2 amide bonds. The molecule has 3 N–H and O–H groups in total. The quantitative estimate of drug-likeness (QED) is 0.608. The van der Waals surface area contributed by atoms with Gasteiger partial charge in [0.2, 0.25) is 11.8 Å². The molecule has 0 aromatic heterocycles. The highest BCUT2D eigenvalue weighted by molar-refractivity contribution is 7.92. The number of aryl methyl sites for hydroxylation is 1. The number of carbonyl (C=O) groups excluding carboxylic acids is 2. The summed E-state index contributed by atoms with van der Waals surface area (Å²) in [5, 5.41) is 1.73. The van der Waals surface area contributed by atoms with Gasteiger partial charge in [0.25, 0.3) is 0 Å². The molecule has 7 heteroatoms. The first-order valence-electron chi connectivity index (χ1n) is 9.14. The highest BCUT2D eigenvalue weighted by Crippen LogP contribution is 2.16. The third-order valence-electron chi connectivity index (χ3n) is 4.22. The van der Waals surface area contributed by atoms with E-state index in [2.05, 4.69) is 5.32 Å². The van der Waals surface area contributed by atoms with Gasteiger partial charge in [-0.05, 0) is 24.8 Å². The Morgan fingerprint density at radius 1 is 1.08 bits per heavy atom. The minimum Gasteiger partial charge on any atom is -0.319 e. The number of sulfone groups is 1. The van der Waals surface area contributed by atoms with Gasteiger partial charge in [-0.2, -0.15) is 0 Å². The Morgan fingerprint density at radius 3 is 2.19 bits per heavy atom. The number of benzene rings is 1. The maximum Gasteiger partial charge on any atom is 0.244 e. The molecule has 0 bridgehead atoms. The molecule has 26 heavy (non-hydrogen) atoms. The monoisotopic (exact) mass is 382 g/mol. The van der Waals surface area contributed by atoms with Crippen molar-refractivity contribution in [1.29, 1.82) is 0 Å². The molecule has 1 rings (SSSR count). The topological polar surface area (TPSA) is 106 Å². The lowest BCUT2D eigenvalue weighted by molar-refractivity contribution is -0.130.